The van der Waals surface area contributed by atoms with Crippen LogP contribution in [-0.2, 0) is 0 Å². The van der Waals surface area contributed by atoms with Crippen LogP contribution in [-0.4, -0.2) is 27.2 Å². The molecule has 1 heterocycles. The largest absolute Gasteiger partial charge is 0.356 e. The minimum atomic E-state index is 0.599. The van der Waals surface area contributed by atoms with Crippen molar-refractivity contribution in [1.29, 1.82) is 0 Å². The van der Waals surface area contributed by atoms with E-state index in [1.807, 2.05) is 6.92 Å². The van der Waals surface area contributed by atoms with Crippen molar-refractivity contribution in [1.82, 2.24) is 10.2 Å². The SMILES string of the molecule is CCS[C@@H]1CCC[C@H]1Nc1nnc(C)s1. The van der Waals surface area contributed by atoms with Crippen molar-refractivity contribution in [2.75, 3.05) is 11.1 Å². The number of anilines is 1. The molecule has 0 spiro atoms. The zero-order valence-corrected chi connectivity index (χ0v) is 10.8. The van der Waals surface area contributed by atoms with E-state index in [-0.39, 0.29) is 0 Å². The monoisotopic (exact) mass is 243 g/mol. The van der Waals surface area contributed by atoms with Crippen molar-refractivity contribution in [2.24, 2.45) is 0 Å². The van der Waals surface area contributed by atoms with Crippen molar-refractivity contribution < 1.29 is 0 Å². The summed E-state index contributed by atoms with van der Waals surface area (Å²) in [5.41, 5.74) is 0. The van der Waals surface area contributed by atoms with Crippen molar-refractivity contribution in [3.05, 3.63) is 5.01 Å². The molecule has 0 bridgehead atoms. The fourth-order valence-corrected chi connectivity index (χ4v) is 3.87. The molecule has 2 rings (SSSR count). The first kappa shape index (κ1) is 11.2. The molecule has 0 saturated heterocycles. The summed E-state index contributed by atoms with van der Waals surface area (Å²) in [4.78, 5) is 0. The van der Waals surface area contributed by atoms with E-state index in [1.165, 1.54) is 25.0 Å². The topological polar surface area (TPSA) is 37.8 Å². The number of nitrogens with one attached hydrogen (secondary N) is 1. The van der Waals surface area contributed by atoms with Crippen LogP contribution >= 0.6 is 23.1 Å². The normalized spacial score (nSPS) is 25.7. The van der Waals surface area contributed by atoms with E-state index in [2.05, 4.69) is 34.2 Å². The molecule has 15 heavy (non-hydrogen) atoms. The highest BCUT2D eigenvalue weighted by Gasteiger charge is 2.27. The molecule has 1 fully saturated rings. The number of aromatic nitrogens is 2. The third kappa shape index (κ3) is 2.84. The standard InChI is InChI=1S/C10H17N3S2/c1-3-14-9-6-4-5-8(9)11-10-13-12-7(2)15-10/h8-9H,3-6H2,1-2H3,(H,11,13)/t8-,9-/m1/s1. The smallest absolute Gasteiger partial charge is 0.205 e. The third-order valence-electron chi connectivity index (χ3n) is 2.67. The summed E-state index contributed by atoms with van der Waals surface area (Å²) in [6, 6.07) is 0.599. The molecule has 5 heteroatoms. The Morgan fingerprint density at radius 1 is 1.47 bits per heavy atom. The minimum Gasteiger partial charge on any atom is -0.356 e. The van der Waals surface area contributed by atoms with Gasteiger partial charge in [-0.3, -0.25) is 0 Å². The van der Waals surface area contributed by atoms with Gasteiger partial charge in [0.05, 0.1) is 0 Å². The molecule has 1 aliphatic rings. The molecule has 1 aromatic rings. The van der Waals surface area contributed by atoms with Gasteiger partial charge in [-0.1, -0.05) is 24.7 Å². The number of aryl methyl sites for hydroxylation is 1. The van der Waals surface area contributed by atoms with Gasteiger partial charge in [0.25, 0.3) is 0 Å². The highest BCUT2D eigenvalue weighted by atomic mass is 32.2. The van der Waals surface area contributed by atoms with Crippen LogP contribution in [0.4, 0.5) is 5.13 Å². The summed E-state index contributed by atoms with van der Waals surface area (Å²) in [6.45, 7) is 4.23. The Morgan fingerprint density at radius 2 is 2.33 bits per heavy atom. The maximum Gasteiger partial charge on any atom is 0.205 e. The Morgan fingerprint density at radius 3 is 3.00 bits per heavy atom. The number of thioether (sulfide) groups is 1. The molecular formula is C10H17N3S2. The van der Waals surface area contributed by atoms with E-state index in [9.17, 15) is 0 Å². The van der Waals surface area contributed by atoms with Gasteiger partial charge in [0.1, 0.15) is 5.01 Å². The second kappa shape index (κ2) is 5.16. The molecule has 3 nitrogen and oxygen atoms in total. The van der Waals surface area contributed by atoms with Crippen LogP contribution in [0, 0.1) is 6.92 Å². The Kier molecular flexibility index (Phi) is 3.86. The van der Waals surface area contributed by atoms with Gasteiger partial charge in [0.15, 0.2) is 0 Å². The summed E-state index contributed by atoms with van der Waals surface area (Å²) >= 11 is 3.72. The van der Waals surface area contributed by atoms with Crippen LogP contribution in [0.1, 0.15) is 31.2 Å². The van der Waals surface area contributed by atoms with Crippen molar-refractivity contribution >= 4 is 28.2 Å². The molecule has 84 valence electrons. The summed E-state index contributed by atoms with van der Waals surface area (Å²) in [6.07, 6.45) is 3.96. The second-order valence-electron chi connectivity index (χ2n) is 3.80. The lowest BCUT2D eigenvalue weighted by molar-refractivity contribution is 0.763. The summed E-state index contributed by atoms with van der Waals surface area (Å²) in [5, 5.41) is 14.5. The lowest BCUT2D eigenvalue weighted by Gasteiger charge is -2.19. The Labute approximate surface area is 99.1 Å². The van der Waals surface area contributed by atoms with E-state index >= 15 is 0 Å². The van der Waals surface area contributed by atoms with Crippen molar-refractivity contribution in [3.63, 3.8) is 0 Å². The van der Waals surface area contributed by atoms with E-state index < -0.39 is 0 Å². The van der Waals surface area contributed by atoms with Crippen LogP contribution in [0.3, 0.4) is 0 Å². The molecule has 2 atom stereocenters. The number of rotatable bonds is 4. The first-order valence-electron chi connectivity index (χ1n) is 5.48. The molecular weight excluding hydrogens is 226 g/mol. The van der Waals surface area contributed by atoms with Crippen LogP contribution in [0.15, 0.2) is 0 Å². The first-order chi connectivity index (χ1) is 7.29. The number of hydrogen-bond acceptors (Lipinski definition) is 5. The molecule has 0 unspecified atom stereocenters. The van der Waals surface area contributed by atoms with Gasteiger partial charge < -0.3 is 5.32 Å². The maximum atomic E-state index is 4.12. The van der Waals surface area contributed by atoms with Gasteiger partial charge in [-0.05, 0) is 25.5 Å². The van der Waals surface area contributed by atoms with Gasteiger partial charge in [0.2, 0.25) is 5.13 Å². The predicted octanol–water partition coefficient (Wildman–Crippen LogP) is 2.93. The molecule has 0 aromatic carbocycles. The van der Waals surface area contributed by atoms with Crippen molar-refractivity contribution in [3.8, 4) is 0 Å². The van der Waals surface area contributed by atoms with Crippen LogP contribution < -0.4 is 5.32 Å². The lowest BCUT2D eigenvalue weighted by atomic mass is 10.2. The van der Waals surface area contributed by atoms with Gasteiger partial charge in [-0.2, -0.15) is 11.8 Å². The number of hydrogen-bond donors (Lipinski definition) is 1. The van der Waals surface area contributed by atoms with Gasteiger partial charge in [-0.25, -0.2) is 0 Å². The summed E-state index contributed by atoms with van der Waals surface area (Å²) < 4.78 is 0. The predicted molar refractivity (Wildman–Crippen MR) is 67.8 cm³/mol. The molecule has 0 amide bonds. The first-order valence-corrected chi connectivity index (χ1v) is 7.34. The Hall–Kier alpha value is -0.290. The van der Waals surface area contributed by atoms with Crippen LogP contribution in [0.5, 0.6) is 0 Å². The van der Waals surface area contributed by atoms with Crippen molar-refractivity contribution in [2.45, 2.75) is 44.4 Å². The highest BCUT2D eigenvalue weighted by Crippen LogP contribution is 2.32. The molecule has 1 aliphatic carbocycles. The summed E-state index contributed by atoms with van der Waals surface area (Å²) in [7, 11) is 0. The fraction of sp³-hybridized carbons (Fsp3) is 0.800. The zero-order valence-electron chi connectivity index (χ0n) is 9.19. The fourth-order valence-electron chi connectivity index (χ4n) is 2.02. The van der Waals surface area contributed by atoms with E-state index in [0.29, 0.717) is 6.04 Å². The zero-order chi connectivity index (χ0) is 10.7. The average Bonchev–Trinajstić information content (AvgIpc) is 2.78. The second-order valence-corrected chi connectivity index (χ2v) is 6.50. The molecule has 1 aromatic heterocycles. The minimum absolute atomic E-state index is 0.599. The quantitative estimate of drug-likeness (QED) is 0.882. The Balaban J connectivity index is 1.93. The van der Waals surface area contributed by atoms with Crippen LogP contribution in [0.25, 0.3) is 0 Å². The average molecular weight is 243 g/mol. The summed E-state index contributed by atoms with van der Waals surface area (Å²) in [5.74, 6) is 1.21. The molecule has 1 saturated carbocycles. The highest BCUT2D eigenvalue weighted by molar-refractivity contribution is 7.99. The molecule has 0 aliphatic heterocycles. The Bertz CT molecular complexity index is 313. The molecule has 0 radical (unpaired) electrons. The molecule has 1 N–H and O–H groups in total. The van der Waals surface area contributed by atoms with E-state index in [4.69, 9.17) is 0 Å². The van der Waals surface area contributed by atoms with Gasteiger partial charge in [-0.15, -0.1) is 10.2 Å². The third-order valence-corrected chi connectivity index (χ3v) is 4.76. The number of nitrogens with zero attached hydrogens (tertiary/aromatic N) is 2. The van der Waals surface area contributed by atoms with Crippen LogP contribution in [0.2, 0.25) is 0 Å². The van der Waals surface area contributed by atoms with Gasteiger partial charge in [0, 0.05) is 11.3 Å². The van der Waals surface area contributed by atoms with E-state index in [0.717, 1.165) is 15.4 Å². The van der Waals surface area contributed by atoms with Gasteiger partial charge >= 0.3 is 0 Å². The lowest BCUT2D eigenvalue weighted by Crippen LogP contribution is -2.26. The maximum absolute atomic E-state index is 4.12. The van der Waals surface area contributed by atoms with E-state index in [1.54, 1.807) is 11.3 Å².